The van der Waals surface area contributed by atoms with Crippen molar-refractivity contribution < 1.29 is 17.6 Å². The quantitative estimate of drug-likeness (QED) is 0.651. The van der Waals surface area contributed by atoms with Gasteiger partial charge in [-0.15, -0.1) is 0 Å². The number of hydrogen-bond acceptors (Lipinski definition) is 4. The van der Waals surface area contributed by atoms with Crippen LogP contribution in [0.3, 0.4) is 0 Å². The lowest BCUT2D eigenvalue weighted by molar-refractivity contribution is -0.137. The summed E-state index contributed by atoms with van der Waals surface area (Å²) in [5.41, 5.74) is 1.20. The molecule has 3 aromatic rings. The van der Waals surface area contributed by atoms with E-state index in [0.29, 0.717) is 35.6 Å². The summed E-state index contributed by atoms with van der Waals surface area (Å²) in [7, 11) is 2.02. The molecule has 1 aliphatic rings. The van der Waals surface area contributed by atoms with E-state index in [0.717, 1.165) is 25.4 Å². The van der Waals surface area contributed by atoms with E-state index in [-0.39, 0.29) is 0 Å². The minimum atomic E-state index is -4.46. The second kappa shape index (κ2) is 8.16. The Morgan fingerprint density at radius 2 is 1.73 bits per heavy atom. The standard InChI is InChI=1S/C21H21F4N5/c1-29-8-10-30(11-9-29)20(18-7-6-14(12-26-18)21(23,24)25)16-13-27-28-19(16)15-4-2-3-5-17(15)22/h2-7,12-13,20H,8-11H2,1H3,(H,27,28). The first kappa shape index (κ1) is 20.5. The molecular weight excluding hydrogens is 398 g/mol. The van der Waals surface area contributed by atoms with E-state index < -0.39 is 23.6 Å². The van der Waals surface area contributed by atoms with E-state index in [4.69, 9.17) is 0 Å². The van der Waals surface area contributed by atoms with Crippen LogP contribution < -0.4 is 0 Å². The fourth-order valence-corrected chi connectivity index (χ4v) is 3.74. The summed E-state index contributed by atoms with van der Waals surface area (Å²) >= 11 is 0. The van der Waals surface area contributed by atoms with Gasteiger partial charge in [0.1, 0.15) is 5.82 Å². The Labute approximate surface area is 171 Å². The van der Waals surface area contributed by atoms with Crippen LogP contribution in [0.2, 0.25) is 0 Å². The van der Waals surface area contributed by atoms with Crippen molar-refractivity contribution in [2.75, 3.05) is 33.2 Å². The normalized spacial score (nSPS) is 17.2. The van der Waals surface area contributed by atoms with Gasteiger partial charge < -0.3 is 4.90 Å². The lowest BCUT2D eigenvalue weighted by Crippen LogP contribution is -2.46. The highest BCUT2D eigenvalue weighted by atomic mass is 19.4. The first-order valence-electron chi connectivity index (χ1n) is 9.58. The number of likely N-dealkylation sites (N-methyl/N-ethyl adjacent to an activating group) is 1. The molecule has 3 heterocycles. The molecule has 5 nitrogen and oxygen atoms in total. The number of benzene rings is 1. The number of aromatic nitrogens is 3. The van der Waals surface area contributed by atoms with Gasteiger partial charge >= 0.3 is 6.18 Å². The van der Waals surface area contributed by atoms with Gasteiger partial charge in [-0.25, -0.2) is 4.39 Å². The molecule has 0 aliphatic carbocycles. The fraction of sp³-hybridized carbons (Fsp3) is 0.333. The monoisotopic (exact) mass is 419 g/mol. The predicted molar refractivity (Wildman–Crippen MR) is 104 cm³/mol. The van der Waals surface area contributed by atoms with Gasteiger partial charge in [-0.1, -0.05) is 12.1 Å². The number of nitrogens with zero attached hydrogens (tertiary/aromatic N) is 4. The van der Waals surface area contributed by atoms with Crippen LogP contribution in [-0.2, 0) is 6.18 Å². The average Bonchev–Trinajstić information content (AvgIpc) is 3.19. The maximum atomic E-state index is 14.5. The molecule has 4 rings (SSSR count). The zero-order valence-electron chi connectivity index (χ0n) is 16.3. The molecule has 2 aromatic heterocycles. The molecule has 1 N–H and O–H groups in total. The van der Waals surface area contributed by atoms with Gasteiger partial charge in [-0.05, 0) is 31.3 Å². The molecule has 0 bridgehead atoms. The van der Waals surface area contributed by atoms with Crippen LogP contribution in [0.4, 0.5) is 17.6 Å². The molecule has 0 spiro atoms. The van der Waals surface area contributed by atoms with Crippen LogP contribution in [0.1, 0.15) is 22.9 Å². The van der Waals surface area contributed by atoms with Crippen molar-refractivity contribution in [1.29, 1.82) is 0 Å². The summed E-state index contributed by atoms with van der Waals surface area (Å²) in [6.07, 6.45) is -2.01. The van der Waals surface area contributed by atoms with Crippen LogP contribution in [0.15, 0.2) is 48.8 Å². The number of aromatic amines is 1. The van der Waals surface area contributed by atoms with Crippen LogP contribution in [-0.4, -0.2) is 58.2 Å². The highest BCUT2D eigenvalue weighted by molar-refractivity contribution is 5.64. The number of rotatable bonds is 4. The van der Waals surface area contributed by atoms with E-state index in [1.807, 2.05) is 7.05 Å². The van der Waals surface area contributed by atoms with Gasteiger partial charge in [0.25, 0.3) is 0 Å². The topological polar surface area (TPSA) is 48.1 Å². The largest absolute Gasteiger partial charge is 0.417 e. The van der Waals surface area contributed by atoms with E-state index in [1.165, 1.54) is 12.1 Å². The third-order valence-electron chi connectivity index (χ3n) is 5.40. The molecule has 0 radical (unpaired) electrons. The maximum absolute atomic E-state index is 14.5. The Hall–Kier alpha value is -2.78. The molecular formula is C21H21F4N5. The van der Waals surface area contributed by atoms with E-state index >= 15 is 0 Å². The van der Waals surface area contributed by atoms with Crippen molar-refractivity contribution in [2.45, 2.75) is 12.2 Å². The molecule has 30 heavy (non-hydrogen) atoms. The van der Waals surface area contributed by atoms with Gasteiger partial charge in [-0.3, -0.25) is 15.0 Å². The van der Waals surface area contributed by atoms with Crippen LogP contribution >= 0.6 is 0 Å². The van der Waals surface area contributed by atoms with Crippen molar-refractivity contribution in [2.24, 2.45) is 0 Å². The van der Waals surface area contributed by atoms with Crippen molar-refractivity contribution in [3.05, 3.63) is 71.4 Å². The molecule has 9 heteroatoms. The zero-order valence-corrected chi connectivity index (χ0v) is 16.3. The highest BCUT2D eigenvalue weighted by Crippen LogP contribution is 2.36. The van der Waals surface area contributed by atoms with E-state index in [9.17, 15) is 17.6 Å². The predicted octanol–water partition coefficient (Wildman–Crippen LogP) is 3.97. The van der Waals surface area contributed by atoms with Gasteiger partial charge in [0.2, 0.25) is 0 Å². The maximum Gasteiger partial charge on any atom is 0.417 e. The summed E-state index contributed by atoms with van der Waals surface area (Å²) in [4.78, 5) is 8.47. The molecule has 1 saturated heterocycles. The summed E-state index contributed by atoms with van der Waals surface area (Å²) in [5.74, 6) is -0.402. The Morgan fingerprint density at radius 1 is 1.00 bits per heavy atom. The number of H-pyrrole nitrogens is 1. The van der Waals surface area contributed by atoms with Crippen molar-refractivity contribution in [1.82, 2.24) is 25.0 Å². The smallest absolute Gasteiger partial charge is 0.304 e. The number of hydrogen-bond donors (Lipinski definition) is 1. The summed E-state index contributed by atoms with van der Waals surface area (Å²) in [5, 5.41) is 6.98. The van der Waals surface area contributed by atoms with Crippen LogP contribution in [0.5, 0.6) is 0 Å². The van der Waals surface area contributed by atoms with Crippen molar-refractivity contribution >= 4 is 0 Å². The molecule has 158 valence electrons. The fourth-order valence-electron chi connectivity index (χ4n) is 3.74. The number of nitrogens with one attached hydrogen (secondary N) is 1. The third kappa shape index (κ3) is 4.08. The van der Waals surface area contributed by atoms with E-state index in [2.05, 4.69) is 25.0 Å². The molecule has 1 aliphatic heterocycles. The number of halogens is 4. The van der Waals surface area contributed by atoms with Crippen molar-refractivity contribution in [3.8, 4) is 11.3 Å². The summed E-state index contributed by atoms with van der Waals surface area (Å²) in [6, 6.07) is 8.32. The molecule has 0 saturated carbocycles. The van der Waals surface area contributed by atoms with Crippen LogP contribution in [0.25, 0.3) is 11.3 Å². The van der Waals surface area contributed by atoms with Gasteiger partial charge in [0.15, 0.2) is 0 Å². The first-order chi connectivity index (χ1) is 14.3. The van der Waals surface area contributed by atoms with Crippen molar-refractivity contribution in [3.63, 3.8) is 0 Å². The van der Waals surface area contributed by atoms with Crippen LogP contribution in [0, 0.1) is 5.82 Å². The second-order valence-electron chi connectivity index (χ2n) is 7.39. The van der Waals surface area contributed by atoms with Gasteiger partial charge in [0.05, 0.1) is 29.2 Å². The average molecular weight is 419 g/mol. The SMILES string of the molecule is CN1CCN(C(c2ccc(C(F)(F)F)cn2)c2cn[nH]c2-c2ccccc2F)CC1. The first-order valence-corrected chi connectivity index (χ1v) is 9.58. The lowest BCUT2D eigenvalue weighted by atomic mass is 9.97. The summed E-state index contributed by atoms with van der Waals surface area (Å²) in [6.45, 7) is 3.02. The van der Waals surface area contributed by atoms with Gasteiger partial charge in [-0.2, -0.15) is 18.3 Å². The van der Waals surface area contributed by atoms with Gasteiger partial charge in [0, 0.05) is 43.5 Å². The Kier molecular flexibility index (Phi) is 5.57. The second-order valence-corrected chi connectivity index (χ2v) is 7.39. The van der Waals surface area contributed by atoms with E-state index in [1.54, 1.807) is 24.4 Å². The number of pyridine rings is 1. The minimum Gasteiger partial charge on any atom is -0.304 e. The molecule has 1 fully saturated rings. The highest BCUT2D eigenvalue weighted by Gasteiger charge is 2.33. The number of alkyl halides is 3. The Balaban J connectivity index is 1.78. The molecule has 1 atom stereocenters. The Bertz CT molecular complexity index is 991. The minimum absolute atomic E-state index is 0.357. The summed E-state index contributed by atoms with van der Waals surface area (Å²) < 4.78 is 53.5. The Morgan fingerprint density at radius 3 is 2.37 bits per heavy atom. The molecule has 1 aromatic carbocycles. The molecule has 1 unspecified atom stereocenters. The lowest BCUT2D eigenvalue weighted by Gasteiger charge is -2.37. The molecule has 0 amide bonds. The zero-order chi connectivity index (χ0) is 21.3. The number of piperazine rings is 1. The third-order valence-corrected chi connectivity index (χ3v) is 5.40.